The van der Waals surface area contributed by atoms with Gasteiger partial charge in [0.15, 0.2) is 0 Å². The van der Waals surface area contributed by atoms with E-state index in [1.807, 2.05) is 0 Å². The van der Waals surface area contributed by atoms with E-state index < -0.39 is 12.0 Å². The number of rotatable bonds is 4. The normalized spacial score (nSPS) is 13.1. The Hall–Kier alpha value is -0.610. The molecule has 0 amide bonds. The number of carboxylic acids is 1. The summed E-state index contributed by atoms with van der Waals surface area (Å²) in [5, 5.41) is 13.8. The van der Waals surface area contributed by atoms with Crippen molar-refractivity contribution in [1.29, 1.82) is 0 Å². The van der Waals surface area contributed by atoms with E-state index in [9.17, 15) is 4.79 Å². The molecule has 0 aromatic rings. The Balaban J connectivity index is 3.54. The molecular weight excluding hydrogens is 120 g/mol. The maximum Gasteiger partial charge on any atom is 0.322 e. The smallest absolute Gasteiger partial charge is 0.322 e. The molecule has 4 nitrogen and oxygen atoms in total. The highest BCUT2D eigenvalue weighted by molar-refractivity contribution is 5.73. The zero-order valence-corrected chi connectivity index (χ0v) is 5.64. The molecule has 0 spiro atoms. The Kier molecular flexibility index (Phi) is 4.00. The quantitative estimate of drug-likeness (QED) is 0.453. The van der Waals surface area contributed by atoms with Crippen molar-refractivity contribution in [2.24, 2.45) is 0 Å². The number of likely N-dealkylation sites (N-methyl/N-ethyl adjacent to an activating group) is 2. The van der Waals surface area contributed by atoms with E-state index in [4.69, 9.17) is 5.11 Å². The fraction of sp³-hybridized carbons (Fsp3) is 0.800. The number of hydrogen-bond acceptors (Lipinski definition) is 3. The van der Waals surface area contributed by atoms with Gasteiger partial charge in [-0.3, -0.25) is 4.79 Å². The van der Waals surface area contributed by atoms with Gasteiger partial charge in [0.25, 0.3) is 0 Å². The first-order valence-corrected chi connectivity index (χ1v) is 2.77. The highest BCUT2D eigenvalue weighted by atomic mass is 16.4. The Morgan fingerprint density at radius 3 is 2.33 bits per heavy atom. The molecule has 3 N–H and O–H groups in total. The van der Waals surface area contributed by atoms with Crippen LogP contribution < -0.4 is 10.6 Å². The van der Waals surface area contributed by atoms with Crippen LogP contribution in [0.3, 0.4) is 0 Å². The standard InChI is InChI=1S/C5H12N2O2/c1-6-3-4(7-2)5(8)9/h4,6-7H,3H2,1-2H3,(H,8,9)/t4-/m0/s1. The number of carbonyl (C=O) groups is 1. The third-order valence-corrected chi connectivity index (χ3v) is 1.05. The van der Waals surface area contributed by atoms with Crippen molar-refractivity contribution in [3.05, 3.63) is 0 Å². The lowest BCUT2D eigenvalue weighted by Crippen LogP contribution is -2.41. The summed E-state index contributed by atoms with van der Waals surface area (Å²) in [6.45, 7) is 0.450. The minimum Gasteiger partial charge on any atom is -0.480 e. The van der Waals surface area contributed by atoms with E-state index in [2.05, 4.69) is 10.6 Å². The molecule has 0 aromatic carbocycles. The molecule has 0 radical (unpaired) electrons. The molecule has 0 aromatic heterocycles. The molecule has 0 rings (SSSR count). The van der Waals surface area contributed by atoms with Crippen LogP contribution in [-0.2, 0) is 4.79 Å². The van der Waals surface area contributed by atoms with Gasteiger partial charge in [0.05, 0.1) is 0 Å². The lowest BCUT2D eigenvalue weighted by atomic mass is 10.3. The molecule has 9 heavy (non-hydrogen) atoms. The van der Waals surface area contributed by atoms with Crippen LogP contribution in [0.4, 0.5) is 0 Å². The second-order valence-electron chi connectivity index (χ2n) is 1.74. The molecule has 54 valence electrons. The Bertz CT molecular complexity index is 95.0. The minimum atomic E-state index is -0.827. The van der Waals surface area contributed by atoms with Crippen LogP contribution in [0.25, 0.3) is 0 Å². The SMILES string of the molecule is CNC[C@H](NC)C(=O)O. The third kappa shape index (κ3) is 3.05. The summed E-state index contributed by atoms with van der Waals surface area (Å²) in [5.41, 5.74) is 0. The van der Waals surface area contributed by atoms with E-state index >= 15 is 0 Å². The fourth-order valence-electron chi connectivity index (χ4n) is 0.517. The average Bonchev–Trinajstić information content (AvgIpc) is 1.82. The fourth-order valence-corrected chi connectivity index (χ4v) is 0.517. The van der Waals surface area contributed by atoms with Gasteiger partial charge in [0.2, 0.25) is 0 Å². The summed E-state index contributed by atoms with van der Waals surface area (Å²) < 4.78 is 0. The molecule has 0 saturated carbocycles. The highest BCUT2D eigenvalue weighted by Gasteiger charge is 2.11. The first kappa shape index (κ1) is 8.39. The van der Waals surface area contributed by atoms with Gasteiger partial charge < -0.3 is 15.7 Å². The van der Waals surface area contributed by atoms with Crippen molar-refractivity contribution < 1.29 is 9.90 Å². The second-order valence-corrected chi connectivity index (χ2v) is 1.74. The molecule has 0 aliphatic heterocycles. The molecule has 0 aliphatic rings. The topological polar surface area (TPSA) is 61.4 Å². The highest BCUT2D eigenvalue weighted by Crippen LogP contribution is 1.77. The summed E-state index contributed by atoms with van der Waals surface area (Å²) >= 11 is 0. The monoisotopic (exact) mass is 132 g/mol. The van der Waals surface area contributed by atoms with Gasteiger partial charge in [-0.05, 0) is 14.1 Å². The van der Waals surface area contributed by atoms with Gasteiger partial charge in [-0.2, -0.15) is 0 Å². The van der Waals surface area contributed by atoms with E-state index in [1.165, 1.54) is 0 Å². The van der Waals surface area contributed by atoms with Crippen molar-refractivity contribution in [2.75, 3.05) is 20.6 Å². The Morgan fingerprint density at radius 2 is 2.22 bits per heavy atom. The Morgan fingerprint density at radius 1 is 1.67 bits per heavy atom. The molecule has 4 heteroatoms. The number of carboxylic acid groups (broad SMARTS) is 1. The van der Waals surface area contributed by atoms with Gasteiger partial charge in [-0.1, -0.05) is 0 Å². The minimum absolute atomic E-state index is 0.450. The summed E-state index contributed by atoms with van der Waals surface area (Å²) in [6.07, 6.45) is 0. The van der Waals surface area contributed by atoms with Gasteiger partial charge in [0, 0.05) is 6.54 Å². The molecule has 0 fully saturated rings. The maximum absolute atomic E-state index is 10.2. The maximum atomic E-state index is 10.2. The number of aliphatic carboxylic acids is 1. The predicted octanol–water partition coefficient (Wildman–Crippen LogP) is -1.12. The third-order valence-electron chi connectivity index (χ3n) is 1.05. The number of hydrogen-bond donors (Lipinski definition) is 3. The van der Waals surface area contributed by atoms with Gasteiger partial charge in [-0.15, -0.1) is 0 Å². The summed E-state index contributed by atoms with van der Waals surface area (Å²) in [4.78, 5) is 10.2. The number of nitrogens with one attached hydrogen (secondary N) is 2. The first-order chi connectivity index (χ1) is 4.22. The Labute approximate surface area is 54.3 Å². The van der Waals surface area contributed by atoms with Crippen LogP contribution in [0.15, 0.2) is 0 Å². The van der Waals surface area contributed by atoms with Crippen molar-refractivity contribution in [1.82, 2.24) is 10.6 Å². The van der Waals surface area contributed by atoms with Gasteiger partial charge in [-0.25, -0.2) is 0 Å². The average molecular weight is 132 g/mol. The van der Waals surface area contributed by atoms with Crippen LogP contribution in [0.1, 0.15) is 0 Å². The first-order valence-electron chi connectivity index (χ1n) is 2.77. The summed E-state index contributed by atoms with van der Waals surface area (Å²) in [5.74, 6) is -0.827. The molecule has 0 heterocycles. The van der Waals surface area contributed by atoms with Crippen LogP contribution in [0.5, 0.6) is 0 Å². The largest absolute Gasteiger partial charge is 0.480 e. The lowest BCUT2D eigenvalue weighted by Gasteiger charge is -2.08. The molecule has 0 bridgehead atoms. The lowest BCUT2D eigenvalue weighted by molar-refractivity contribution is -0.139. The molecule has 1 atom stereocenters. The van der Waals surface area contributed by atoms with Crippen molar-refractivity contribution in [3.63, 3.8) is 0 Å². The molecule has 0 aliphatic carbocycles. The zero-order chi connectivity index (χ0) is 7.28. The van der Waals surface area contributed by atoms with E-state index in [1.54, 1.807) is 14.1 Å². The zero-order valence-electron chi connectivity index (χ0n) is 5.64. The van der Waals surface area contributed by atoms with Gasteiger partial charge in [0.1, 0.15) is 6.04 Å². The van der Waals surface area contributed by atoms with Crippen LogP contribution in [0, 0.1) is 0 Å². The predicted molar refractivity (Wildman–Crippen MR) is 34.4 cm³/mol. The van der Waals surface area contributed by atoms with E-state index in [0.29, 0.717) is 6.54 Å². The molecule has 0 unspecified atom stereocenters. The summed E-state index contributed by atoms with van der Waals surface area (Å²) in [6, 6.07) is -0.477. The van der Waals surface area contributed by atoms with Crippen molar-refractivity contribution in [3.8, 4) is 0 Å². The van der Waals surface area contributed by atoms with Crippen LogP contribution in [0.2, 0.25) is 0 Å². The summed E-state index contributed by atoms with van der Waals surface area (Å²) in [7, 11) is 3.34. The van der Waals surface area contributed by atoms with Crippen LogP contribution >= 0.6 is 0 Å². The van der Waals surface area contributed by atoms with E-state index in [0.717, 1.165) is 0 Å². The molecular formula is C5H12N2O2. The van der Waals surface area contributed by atoms with Crippen molar-refractivity contribution >= 4 is 5.97 Å². The molecule has 0 saturated heterocycles. The van der Waals surface area contributed by atoms with Gasteiger partial charge >= 0.3 is 5.97 Å². The van der Waals surface area contributed by atoms with Crippen molar-refractivity contribution in [2.45, 2.75) is 6.04 Å². The second kappa shape index (κ2) is 4.29. The van der Waals surface area contributed by atoms with E-state index in [-0.39, 0.29) is 0 Å². The van der Waals surface area contributed by atoms with Crippen LogP contribution in [-0.4, -0.2) is 37.8 Å².